The van der Waals surface area contributed by atoms with Gasteiger partial charge in [-0.15, -0.1) is 0 Å². The standard InChI is InChI=1S/C12H9BrFNO/c1-8-6-10(4-5-15-8)16-12-3-2-9(13)7-11(12)14/h2-7H,1H3. The molecule has 0 amide bonds. The van der Waals surface area contributed by atoms with Gasteiger partial charge >= 0.3 is 0 Å². The number of aromatic nitrogens is 1. The van der Waals surface area contributed by atoms with Gasteiger partial charge in [-0.3, -0.25) is 4.98 Å². The molecule has 1 aromatic carbocycles. The van der Waals surface area contributed by atoms with Crippen molar-refractivity contribution in [2.24, 2.45) is 0 Å². The second kappa shape index (κ2) is 4.61. The largest absolute Gasteiger partial charge is 0.454 e. The highest BCUT2D eigenvalue weighted by molar-refractivity contribution is 9.10. The van der Waals surface area contributed by atoms with Crippen LogP contribution in [0.15, 0.2) is 41.0 Å². The van der Waals surface area contributed by atoms with Crippen molar-refractivity contribution in [3.05, 3.63) is 52.5 Å². The molecule has 0 atom stereocenters. The summed E-state index contributed by atoms with van der Waals surface area (Å²) >= 11 is 3.19. The molecule has 0 aliphatic carbocycles. The zero-order chi connectivity index (χ0) is 11.5. The molecule has 1 heterocycles. The van der Waals surface area contributed by atoms with E-state index >= 15 is 0 Å². The van der Waals surface area contributed by atoms with Crippen LogP contribution in [0.5, 0.6) is 11.5 Å². The summed E-state index contributed by atoms with van der Waals surface area (Å²) in [5, 5.41) is 0. The zero-order valence-corrected chi connectivity index (χ0v) is 10.2. The van der Waals surface area contributed by atoms with Crippen LogP contribution in [0.1, 0.15) is 5.69 Å². The fraction of sp³-hybridized carbons (Fsp3) is 0.0833. The third-order valence-corrected chi connectivity index (χ3v) is 2.48. The fourth-order valence-corrected chi connectivity index (χ4v) is 1.60. The maximum atomic E-state index is 13.5. The van der Waals surface area contributed by atoms with Gasteiger partial charge in [0.25, 0.3) is 0 Å². The van der Waals surface area contributed by atoms with Crippen LogP contribution in [-0.2, 0) is 0 Å². The van der Waals surface area contributed by atoms with E-state index in [-0.39, 0.29) is 5.75 Å². The van der Waals surface area contributed by atoms with Crippen LogP contribution >= 0.6 is 15.9 Å². The molecule has 2 rings (SSSR count). The normalized spacial score (nSPS) is 10.2. The Morgan fingerprint density at radius 2 is 2.06 bits per heavy atom. The summed E-state index contributed by atoms with van der Waals surface area (Å²) in [5.74, 6) is 0.381. The summed E-state index contributed by atoms with van der Waals surface area (Å²) in [6, 6.07) is 8.11. The Balaban J connectivity index is 2.27. The zero-order valence-electron chi connectivity index (χ0n) is 8.58. The molecule has 1 aromatic heterocycles. The van der Waals surface area contributed by atoms with E-state index in [4.69, 9.17) is 4.74 Å². The van der Waals surface area contributed by atoms with E-state index in [1.54, 1.807) is 30.5 Å². The number of halogens is 2. The molecule has 4 heteroatoms. The van der Waals surface area contributed by atoms with Crippen molar-refractivity contribution >= 4 is 15.9 Å². The Bertz CT molecular complexity index is 516. The lowest BCUT2D eigenvalue weighted by atomic mass is 10.3. The SMILES string of the molecule is Cc1cc(Oc2ccc(Br)cc2F)ccn1. The molecule has 2 nitrogen and oxygen atoms in total. The van der Waals surface area contributed by atoms with Crippen molar-refractivity contribution in [2.45, 2.75) is 6.92 Å². The predicted molar refractivity (Wildman–Crippen MR) is 63.1 cm³/mol. The number of ether oxygens (including phenoxy) is 1. The van der Waals surface area contributed by atoms with Gasteiger partial charge in [-0.1, -0.05) is 15.9 Å². The topological polar surface area (TPSA) is 22.1 Å². The summed E-state index contributed by atoms with van der Waals surface area (Å²) < 4.78 is 19.6. The second-order valence-corrected chi connectivity index (χ2v) is 4.23. The Morgan fingerprint density at radius 1 is 1.25 bits per heavy atom. The molecule has 0 spiro atoms. The molecule has 0 N–H and O–H groups in total. The van der Waals surface area contributed by atoms with Crippen molar-refractivity contribution in [3.8, 4) is 11.5 Å². The number of benzene rings is 1. The van der Waals surface area contributed by atoms with E-state index in [9.17, 15) is 4.39 Å². The number of nitrogens with zero attached hydrogens (tertiary/aromatic N) is 1. The molecular formula is C12H9BrFNO. The summed E-state index contributed by atoms with van der Waals surface area (Å²) in [6.07, 6.45) is 1.63. The fourth-order valence-electron chi connectivity index (χ4n) is 1.27. The van der Waals surface area contributed by atoms with E-state index in [0.29, 0.717) is 10.2 Å². The number of rotatable bonds is 2. The van der Waals surface area contributed by atoms with Crippen molar-refractivity contribution in [1.82, 2.24) is 4.98 Å². The van der Waals surface area contributed by atoms with Crippen LogP contribution in [0.4, 0.5) is 4.39 Å². The maximum absolute atomic E-state index is 13.5. The molecule has 0 saturated heterocycles. The number of pyridine rings is 1. The highest BCUT2D eigenvalue weighted by Gasteiger charge is 2.05. The molecule has 0 radical (unpaired) electrons. The number of hydrogen-bond acceptors (Lipinski definition) is 2. The quantitative estimate of drug-likeness (QED) is 0.827. The van der Waals surface area contributed by atoms with Gasteiger partial charge in [0.05, 0.1) is 0 Å². The lowest BCUT2D eigenvalue weighted by Crippen LogP contribution is -1.89. The molecule has 0 unspecified atom stereocenters. The molecular weight excluding hydrogens is 273 g/mol. The second-order valence-electron chi connectivity index (χ2n) is 3.31. The third kappa shape index (κ3) is 2.58. The molecule has 0 fully saturated rings. The Hall–Kier alpha value is -1.42. The van der Waals surface area contributed by atoms with Crippen LogP contribution in [0.2, 0.25) is 0 Å². The molecule has 0 saturated carbocycles. The number of aryl methyl sites for hydroxylation is 1. The Kier molecular flexibility index (Phi) is 3.19. The van der Waals surface area contributed by atoms with Gasteiger partial charge < -0.3 is 4.74 Å². The van der Waals surface area contributed by atoms with Gasteiger partial charge in [-0.25, -0.2) is 4.39 Å². The molecule has 0 aliphatic rings. The monoisotopic (exact) mass is 281 g/mol. The van der Waals surface area contributed by atoms with Gasteiger partial charge in [0.1, 0.15) is 5.75 Å². The van der Waals surface area contributed by atoms with E-state index in [1.807, 2.05) is 6.92 Å². The van der Waals surface area contributed by atoms with Gasteiger partial charge in [-0.05, 0) is 31.2 Å². The molecule has 0 aliphatic heterocycles. The predicted octanol–water partition coefficient (Wildman–Crippen LogP) is 4.08. The minimum absolute atomic E-state index is 0.203. The van der Waals surface area contributed by atoms with Gasteiger partial charge in [0.15, 0.2) is 11.6 Å². The lowest BCUT2D eigenvalue weighted by molar-refractivity contribution is 0.441. The van der Waals surface area contributed by atoms with Crippen LogP contribution in [0.25, 0.3) is 0 Å². The Labute approximate surface area is 101 Å². The van der Waals surface area contributed by atoms with Crippen molar-refractivity contribution in [3.63, 3.8) is 0 Å². The van der Waals surface area contributed by atoms with E-state index in [2.05, 4.69) is 20.9 Å². The van der Waals surface area contributed by atoms with E-state index < -0.39 is 5.82 Å². The molecule has 0 bridgehead atoms. The first-order valence-electron chi connectivity index (χ1n) is 4.71. The van der Waals surface area contributed by atoms with Crippen LogP contribution < -0.4 is 4.74 Å². The summed E-state index contributed by atoms with van der Waals surface area (Å²) in [4.78, 5) is 4.04. The van der Waals surface area contributed by atoms with Gasteiger partial charge in [0, 0.05) is 22.4 Å². The first-order valence-corrected chi connectivity index (χ1v) is 5.50. The Morgan fingerprint density at radius 3 is 2.75 bits per heavy atom. The highest BCUT2D eigenvalue weighted by atomic mass is 79.9. The first-order chi connectivity index (χ1) is 7.65. The van der Waals surface area contributed by atoms with Gasteiger partial charge in [-0.2, -0.15) is 0 Å². The first kappa shape index (κ1) is 11.1. The van der Waals surface area contributed by atoms with Crippen molar-refractivity contribution < 1.29 is 9.13 Å². The van der Waals surface area contributed by atoms with E-state index in [1.165, 1.54) is 6.07 Å². The van der Waals surface area contributed by atoms with Crippen LogP contribution in [0.3, 0.4) is 0 Å². The minimum atomic E-state index is -0.399. The van der Waals surface area contributed by atoms with Crippen molar-refractivity contribution in [1.29, 1.82) is 0 Å². The highest BCUT2D eigenvalue weighted by Crippen LogP contribution is 2.26. The third-order valence-electron chi connectivity index (χ3n) is 1.99. The van der Waals surface area contributed by atoms with Crippen molar-refractivity contribution in [2.75, 3.05) is 0 Å². The minimum Gasteiger partial charge on any atom is -0.454 e. The van der Waals surface area contributed by atoms with Crippen LogP contribution in [-0.4, -0.2) is 4.98 Å². The summed E-state index contributed by atoms with van der Waals surface area (Å²) in [6.45, 7) is 1.85. The molecule has 82 valence electrons. The van der Waals surface area contributed by atoms with Crippen LogP contribution in [0, 0.1) is 12.7 Å². The average molecular weight is 282 g/mol. The van der Waals surface area contributed by atoms with E-state index in [0.717, 1.165) is 5.69 Å². The smallest absolute Gasteiger partial charge is 0.166 e. The average Bonchev–Trinajstić information content (AvgIpc) is 2.22. The van der Waals surface area contributed by atoms with Gasteiger partial charge in [0.2, 0.25) is 0 Å². The molecule has 16 heavy (non-hydrogen) atoms. The number of hydrogen-bond donors (Lipinski definition) is 0. The summed E-state index contributed by atoms with van der Waals surface area (Å²) in [5.41, 5.74) is 0.829. The maximum Gasteiger partial charge on any atom is 0.166 e. The molecule has 2 aromatic rings. The lowest BCUT2D eigenvalue weighted by Gasteiger charge is -2.07. The summed E-state index contributed by atoms with van der Waals surface area (Å²) in [7, 11) is 0.